The van der Waals surface area contributed by atoms with E-state index in [2.05, 4.69) is 0 Å². The largest absolute Gasteiger partial charge is 0.481 e. The first-order valence-corrected chi connectivity index (χ1v) is 14.3. The summed E-state index contributed by atoms with van der Waals surface area (Å²) in [5, 5.41) is 9.90. The van der Waals surface area contributed by atoms with Crippen molar-refractivity contribution in [2.24, 2.45) is 5.41 Å². The van der Waals surface area contributed by atoms with Crippen LogP contribution in [0.3, 0.4) is 0 Å². The average molecular weight is 579 g/mol. The molecule has 216 valence electrons. The summed E-state index contributed by atoms with van der Waals surface area (Å²) in [6.07, 6.45) is 1.73. The van der Waals surface area contributed by atoms with E-state index < -0.39 is 23.1 Å². The van der Waals surface area contributed by atoms with Crippen molar-refractivity contribution in [1.82, 2.24) is 0 Å². The van der Waals surface area contributed by atoms with Gasteiger partial charge in [-0.1, -0.05) is 35.9 Å². The van der Waals surface area contributed by atoms with Crippen LogP contribution < -0.4 is 9.80 Å². The molecule has 0 aromatic heterocycles. The summed E-state index contributed by atoms with van der Waals surface area (Å²) < 4.78 is 15.1. The van der Waals surface area contributed by atoms with Gasteiger partial charge in [0, 0.05) is 34.5 Å². The van der Waals surface area contributed by atoms with Crippen LogP contribution in [0.1, 0.15) is 74.4 Å². The third-order valence-corrected chi connectivity index (χ3v) is 8.21. The van der Waals surface area contributed by atoms with E-state index in [4.69, 9.17) is 11.6 Å². The molecule has 3 aromatic rings. The Balaban J connectivity index is 1.56. The van der Waals surface area contributed by atoms with Gasteiger partial charge < -0.3 is 14.9 Å². The smallest absolute Gasteiger partial charge is 0.309 e. The normalized spacial score (nSPS) is 16.7. The van der Waals surface area contributed by atoms with Crippen LogP contribution in [-0.4, -0.2) is 35.5 Å². The standard InChI is InChI=1S/C33H36ClFN2O4/c1-5-36(25-16-14-24(34)15-17-25)31(39)27-19-21(2)37(29-11-7-6-10-26(27)29)30(38)23-13-12-22(28(35)20-23)9-8-18-33(3,4)32(40)41/h6-7,10-17,20-21,27H,5,8-9,18-19H2,1-4H3,(H,40,41)/t21-,27-/m0/s1. The summed E-state index contributed by atoms with van der Waals surface area (Å²) in [5.41, 5.74) is 1.94. The van der Waals surface area contributed by atoms with Gasteiger partial charge in [-0.15, -0.1) is 0 Å². The molecule has 2 amide bonds. The van der Waals surface area contributed by atoms with Crippen LogP contribution in [0, 0.1) is 11.2 Å². The number of carboxylic acid groups (broad SMARTS) is 1. The van der Waals surface area contributed by atoms with Crippen molar-refractivity contribution < 1.29 is 23.9 Å². The van der Waals surface area contributed by atoms with E-state index in [1.807, 2.05) is 50.2 Å². The number of carboxylic acids is 1. The average Bonchev–Trinajstić information content (AvgIpc) is 2.94. The molecule has 1 heterocycles. The summed E-state index contributed by atoms with van der Waals surface area (Å²) in [4.78, 5) is 42.3. The predicted octanol–water partition coefficient (Wildman–Crippen LogP) is 7.49. The topological polar surface area (TPSA) is 77.9 Å². The number of amides is 2. The van der Waals surface area contributed by atoms with Gasteiger partial charge in [0.05, 0.1) is 11.3 Å². The molecule has 1 N–H and O–H groups in total. The Kier molecular flexibility index (Phi) is 9.17. The maximum absolute atomic E-state index is 15.1. The fourth-order valence-corrected chi connectivity index (χ4v) is 5.61. The molecule has 0 spiro atoms. The predicted molar refractivity (Wildman–Crippen MR) is 160 cm³/mol. The number of aryl methyl sites for hydroxylation is 1. The number of halogens is 2. The molecule has 0 bridgehead atoms. The first-order valence-electron chi connectivity index (χ1n) is 14.0. The molecule has 1 aliphatic heterocycles. The lowest BCUT2D eigenvalue weighted by atomic mass is 9.84. The van der Waals surface area contributed by atoms with E-state index in [0.717, 1.165) is 11.3 Å². The first kappa shape index (κ1) is 30.3. The number of carbonyl (C=O) groups excluding carboxylic acids is 2. The van der Waals surface area contributed by atoms with Crippen LogP contribution in [0.15, 0.2) is 66.7 Å². The first-order chi connectivity index (χ1) is 19.4. The Labute approximate surface area is 245 Å². The maximum atomic E-state index is 15.1. The van der Waals surface area contributed by atoms with Gasteiger partial charge in [0.15, 0.2) is 0 Å². The number of benzene rings is 3. The zero-order chi connectivity index (χ0) is 29.9. The lowest BCUT2D eigenvalue weighted by molar-refractivity contribution is -0.147. The van der Waals surface area contributed by atoms with Crippen LogP contribution in [0.4, 0.5) is 15.8 Å². The number of anilines is 2. The fraction of sp³-hybridized carbons (Fsp3) is 0.364. The van der Waals surface area contributed by atoms with Crippen LogP contribution in [-0.2, 0) is 16.0 Å². The van der Waals surface area contributed by atoms with E-state index in [9.17, 15) is 19.5 Å². The SMILES string of the molecule is CCN(C(=O)[C@H]1C[C@H](C)N(C(=O)c2ccc(CCCC(C)(C)C(=O)O)c(F)c2)c2ccccc21)c1ccc(Cl)cc1. The van der Waals surface area contributed by atoms with Crippen LogP contribution in [0.25, 0.3) is 0 Å². The number of fused-ring (bicyclic) bond motifs is 1. The highest BCUT2D eigenvalue weighted by atomic mass is 35.5. The molecule has 3 aromatic carbocycles. The molecule has 6 nitrogen and oxygen atoms in total. The summed E-state index contributed by atoms with van der Waals surface area (Å²) in [5.74, 6) is -2.21. The van der Waals surface area contributed by atoms with E-state index in [-0.39, 0.29) is 23.4 Å². The van der Waals surface area contributed by atoms with Gasteiger partial charge in [0.1, 0.15) is 5.82 Å². The molecule has 0 unspecified atom stereocenters. The van der Waals surface area contributed by atoms with E-state index in [1.165, 1.54) is 6.07 Å². The molecule has 4 rings (SSSR count). The molecule has 41 heavy (non-hydrogen) atoms. The monoisotopic (exact) mass is 578 g/mol. The summed E-state index contributed by atoms with van der Waals surface area (Å²) >= 11 is 6.05. The zero-order valence-electron chi connectivity index (χ0n) is 23.9. The Morgan fingerprint density at radius 3 is 2.39 bits per heavy atom. The second-order valence-electron chi connectivity index (χ2n) is 11.3. The highest BCUT2D eigenvalue weighted by Crippen LogP contribution is 2.41. The Morgan fingerprint density at radius 2 is 1.76 bits per heavy atom. The van der Waals surface area contributed by atoms with Crippen molar-refractivity contribution >= 4 is 40.8 Å². The van der Waals surface area contributed by atoms with E-state index >= 15 is 4.39 Å². The Hall–Kier alpha value is -3.71. The lowest BCUT2D eigenvalue weighted by Gasteiger charge is -2.40. The molecule has 0 aliphatic carbocycles. The number of carbonyl (C=O) groups is 3. The number of rotatable bonds is 9. The number of hydrogen-bond donors (Lipinski definition) is 1. The van der Waals surface area contributed by atoms with Crippen LogP contribution in [0.5, 0.6) is 0 Å². The minimum absolute atomic E-state index is 0.0531. The Bertz CT molecular complexity index is 1440. The van der Waals surface area contributed by atoms with Crippen molar-refractivity contribution in [1.29, 1.82) is 0 Å². The van der Waals surface area contributed by atoms with Gasteiger partial charge in [-0.05, 0) is 107 Å². The molecule has 2 atom stereocenters. The Morgan fingerprint density at radius 1 is 1.07 bits per heavy atom. The number of nitrogens with zero attached hydrogens (tertiary/aromatic N) is 2. The van der Waals surface area contributed by atoms with Gasteiger partial charge in [-0.2, -0.15) is 0 Å². The molecule has 1 aliphatic rings. The molecule has 0 saturated carbocycles. The number of likely N-dealkylation sites (N-methyl/N-ethyl adjacent to an activating group) is 1. The quantitative estimate of drug-likeness (QED) is 0.285. The number of para-hydroxylation sites is 1. The second kappa shape index (κ2) is 12.4. The molecule has 8 heteroatoms. The summed E-state index contributed by atoms with van der Waals surface area (Å²) in [7, 11) is 0. The molecular formula is C33H36ClFN2O4. The highest BCUT2D eigenvalue weighted by molar-refractivity contribution is 6.30. The van der Waals surface area contributed by atoms with Crippen molar-refractivity contribution in [3.63, 3.8) is 0 Å². The highest BCUT2D eigenvalue weighted by Gasteiger charge is 2.39. The third-order valence-electron chi connectivity index (χ3n) is 7.95. The fourth-order valence-electron chi connectivity index (χ4n) is 5.48. The minimum atomic E-state index is -0.883. The summed E-state index contributed by atoms with van der Waals surface area (Å²) in [6, 6.07) is 18.7. The third kappa shape index (κ3) is 6.46. The van der Waals surface area contributed by atoms with Crippen molar-refractivity contribution in [3.05, 3.63) is 94.3 Å². The molecule has 0 saturated heterocycles. The van der Waals surface area contributed by atoms with Crippen LogP contribution in [0.2, 0.25) is 5.02 Å². The van der Waals surface area contributed by atoms with E-state index in [0.29, 0.717) is 48.5 Å². The number of aliphatic carboxylic acids is 1. The van der Waals surface area contributed by atoms with Crippen LogP contribution >= 0.6 is 11.6 Å². The summed E-state index contributed by atoms with van der Waals surface area (Å²) in [6.45, 7) is 7.62. The molecule has 0 fully saturated rings. The minimum Gasteiger partial charge on any atom is -0.481 e. The maximum Gasteiger partial charge on any atom is 0.309 e. The second-order valence-corrected chi connectivity index (χ2v) is 11.7. The van der Waals surface area contributed by atoms with Crippen molar-refractivity contribution in [2.75, 3.05) is 16.3 Å². The van der Waals surface area contributed by atoms with Gasteiger partial charge in [0.2, 0.25) is 5.91 Å². The lowest BCUT2D eigenvalue weighted by Crippen LogP contribution is -2.46. The van der Waals surface area contributed by atoms with E-state index in [1.54, 1.807) is 47.9 Å². The number of hydrogen-bond acceptors (Lipinski definition) is 3. The van der Waals surface area contributed by atoms with Gasteiger partial charge in [-0.25, -0.2) is 4.39 Å². The van der Waals surface area contributed by atoms with Gasteiger partial charge in [0.25, 0.3) is 5.91 Å². The van der Waals surface area contributed by atoms with Gasteiger partial charge in [-0.3, -0.25) is 14.4 Å². The van der Waals surface area contributed by atoms with Gasteiger partial charge >= 0.3 is 5.97 Å². The van der Waals surface area contributed by atoms with Crippen molar-refractivity contribution in [3.8, 4) is 0 Å². The molecule has 0 radical (unpaired) electrons. The van der Waals surface area contributed by atoms with Crippen molar-refractivity contribution in [2.45, 2.75) is 65.3 Å². The molecular weight excluding hydrogens is 543 g/mol. The zero-order valence-corrected chi connectivity index (χ0v) is 24.6.